The first-order valence-corrected chi connectivity index (χ1v) is 5.86. The van der Waals surface area contributed by atoms with E-state index in [2.05, 4.69) is 25.7 Å². The zero-order valence-corrected chi connectivity index (χ0v) is 9.25. The van der Waals surface area contributed by atoms with Crippen LogP contribution in [0, 0.1) is 29.6 Å². The highest BCUT2D eigenvalue weighted by Crippen LogP contribution is 2.52. The summed E-state index contributed by atoms with van der Waals surface area (Å²) >= 11 is 0. The van der Waals surface area contributed by atoms with E-state index in [0.29, 0.717) is 6.10 Å². The molecule has 0 aliphatic heterocycles. The summed E-state index contributed by atoms with van der Waals surface area (Å²) in [4.78, 5) is 0. The number of ether oxygens (including phenoxy) is 1. The van der Waals surface area contributed by atoms with Crippen LogP contribution in [0.25, 0.3) is 0 Å². The minimum atomic E-state index is 0.387. The van der Waals surface area contributed by atoms with E-state index >= 15 is 0 Å². The molecule has 0 saturated heterocycles. The van der Waals surface area contributed by atoms with Gasteiger partial charge in [-0.3, -0.25) is 0 Å². The fourth-order valence-corrected chi connectivity index (χ4v) is 2.59. The van der Waals surface area contributed by atoms with Gasteiger partial charge in [0.25, 0.3) is 0 Å². The van der Waals surface area contributed by atoms with Gasteiger partial charge in [-0.1, -0.05) is 0 Å². The van der Waals surface area contributed by atoms with Crippen LogP contribution in [0.3, 0.4) is 0 Å². The molecular weight excluding hydrogens is 172 g/mol. The van der Waals surface area contributed by atoms with Crippen LogP contribution in [-0.4, -0.2) is 12.7 Å². The van der Waals surface area contributed by atoms with Gasteiger partial charge < -0.3 is 4.74 Å². The first-order chi connectivity index (χ1) is 6.79. The smallest absolute Gasteiger partial charge is 0.0519 e. The molecule has 0 heterocycles. The van der Waals surface area contributed by atoms with Gasteiger partial charge in [-0.2, -0.15) is 0 Å². The Balaban J connectivity index is 1.77. The second-order valence-corrected chi connectivity index (χ2v) is 4.80. The van der Waals surface area contributed by atoms with Crippen LogP contribution < -0.4 is 0 Å². The predicted octanol–water partition coefficient (Wildman–Crippen LogP) is 2.85. The third kappa shape index (κ3) is 2.30. The van der Waals surface area contributed by atoms with Gasteiger partial charge >= 0.3 is 0 Å². The summed E-state index contributed by atoms with van der Waals surface area (Å²) in [6.07, 6.45) is 5.23. The van der Waals surface area contributed by atoms with Crippen molar-refractivity contribution < 1.29 is 4.74 Å². The van der Waals surface area contributed by atoms with Crippen LogP contribution >= 0.6 is 0 Å². The lowest BCUT2D eigenvalue weighted by atomic mass is 10.1. The molecule has 2 aliphatic rings. The van der Waals surface area contributed by atoms with E-state index in [9.17, 15) is 0 Å². The zero-order chi connectivity index (χ0) is 9.97. The molecule has 1 nitrogen and oxygen atoms in total. The van der Waals surface area contributed by atoms with Crippen LogP contribution in [0.5, 0.6) is 0 Å². The molecular formula is C13H20O. The summed E-state index contributed by atoms with van der Waals surface area (Å²) in [5.41, 5.74) is 0. The average Bonchev–Trinajstić information content (AvgIpc) is 2.72. The molecule has 2 unspecified atom stereocenters. The molecule has 2 atom stereocenters. The molecule has 0 N–H and O–H groups in total. The van der Waals surface area contributed by atoms with Crippen LogP contribution in [0.4, 0.5) is 0 Å². The Kier molecular flexibility index (Phi) is 3.13. The third-order valence-corrected chi connectivity index (χ3v) is 3.46. The van der Waals surface area contributed by atoms with Gasteiger partial charge in [0.1, 0.15) is 0 Å². The summed E-state index contributed by atoms with van der Waals surface area (Å²) in [7, 11) is 0. The molecule has 0 aromatic rings. The highest BCUT2D eigenvalue weighted by Gasteiger charge is 2.48. The highest BCUT2D eigenvalue weighted by atomic mass is 16.5. The molecule has 2 rings (SSSR count). The summed E-state index contributed by atoms with van der Waals surface area (Å²) < 4.78 is 5.70. The normalized spacial score (nSPS) is 35.2. The Morgan fingerprint density at radius 3 is 2.21 bits per heavy atom. The predicted molar refractivity (Wildman–Crippen MR) is 57.8 cm³/mol. The van der Waals surface area contributed by atoms with Gasteiger partial charge in [0.05, 0.1) is 12.7 Å². The molecule has 1 heteroatoms. The van der Waals surface area contributed by atoms with Gasteiger partial charge in [0, 0.05) is 12.8 Å². The van der Waals surface area contributed by atoms with E-state index in [4.69, 9.17) is 4.74 Å². The lowest BCUT2D eigenvalue weighted by Gasteiger charge is -2.06. The lowest BCUT2D eigenvalue weighted by molar-refractivity contribution is 0.0656. The Bertz CT molecular complexity index is 228. The van der Waals surface area contributed by atoms with Crippen molar-refractivity contribution in [3.8, 4) is 11.8 Å². The lowest BCUT2D eigenvalue weighted by Crippen LogP contribution is -2.06. The van der Waals surface area contributed by atoms with Crippen molar-refractivity contribution in [3.63, 3.8) is 0 Å². The second-order valence-electron chi connectivity index (χ2n) is 4.80. The largest absolute Gasteiger partial charge is 0.378 e. The van der Waals surface area contributed by atoms with E-state index < -0.39 is 0 Å². The zero-order valence-electron chi connectivity index (χ0n) is 9.25. The second kappa shape index (κ2) is 4.36. The van der Waals surface area contributed by atoms with Crippen molar-refractivity contribution in [1.29, 1.82) is 0 Å². The molecule has 78 valence electrons. The van der Waals surface area contributed by atoms with Crippen LogP contribution in [0.15, 0.2) is 0 Å². The SMILES string of the molecule is CC(C)OCC1C2CCC#CCCC21. The van der Waals surface area contributed by atoms with Crippen LogP contribution in [0.2, 0.25) is 0 Å². The van der Waals surface area contributed by atoms with E-state index in [-0.39, 0.29) is 0 Å². The van der Waals surface area contributed by atoms with Crippen molar-refractivity contribution in [2.75, 3.05) is 6.61 Å². The monoisotopic (exact) mass is 192 g/mol. The molecule has 1 fully saturated rings. The van der Waals surface area contributed by atoms with E-state index in [1.807, 2.05) is 0 Å². The summed E-state index contributed by atoms with van der Waals surface area (Å²) in [6, 6.07) is 0. The Morgan fingerprint density at radius 1 is 1.14 bits per heavy atom. The molecule has 0 aromatic carbocycles. The van der Waals surface area contributed by atoms with Crippen molar-refractivity contribution in [1.82, 2.24) is 0 Å². The van der Waals surface area contributed by atoms with Crippen molar-refractivity contribution in [2.24, 2.45) is 17.8 Å². The average molecular weight is 192 g/mol. The minimum absolute atomic E-state index is 0.387. The molecule has 0 bridgehead atoms. The van der Waals surface area contributed by atoms with Gasteiger partial charge in [-0.25, -0.2) is 0 Å². The molecule has 0 aromatic heterocycles. The van der Waals surface area contributed by atoms with E-state index in [1.54, 1.807) is 0 Å². The van der Waals surface area contributed by atoms with Crippen LogP contribution in [-0.2, 0) is 4.74 Å². The maximum absolute atomic E-state index is 5.70. The number of hydrogen-bond acceptors (Lipinski definition) is 1. The van der Waals surface area contributed by atoms with E-state index in [0.717, 1.165) is 37.2 Å². The Hall–Kier alpha value is -0.480. The number of hydrogen-bond donors (Lipinski definition) is 0. The minimum Gasteiger partial charge on any atom is -0.378 e. The standard InChI is InChI=1S/C13H20O/c1-10(2)14-9-13-11-7-5-3-4-6-8-12(11)13/h10-13H,5-9H2,1-2H3. The van der Waals surface area contributed by atoms with Gasteiger partial charge in [0.15, 0.2) is 0 Å². The van der Waals surface area contributed by atoms with Crippen molar-refractivity contribution >= 4 is 0 Å². The fraction of sp³-hybridized carbons (Fsp3) is 0.846. The Morgan fingerprint density at radius 2 is 1.71 bits per heavy atom. The molecule has 1 saturated carbocycles. The highest BCUT2D eigenvalue weighted by molar-refractivity contribution is 5.07. The topological polar surface area (TPSA) is 9.23 Å². The van der Waals surface area contributed by atoms with Crippen LogP contribution in [0.1, 0.15) is 39.5 Å². The fourth-order valence-electron chi connectivity index (χ4n) is 2.59. The first kappa shape index (κ1) is 10.1. The van der Waals surface area contributed by atoms with E-state index in [1.165, 1.54) is 12.8 Å². The summed E-state index contributed by atoms with van der Waals surface area (Å²) in [5.74, 6) is 9.19. The van der Waals surface area contributed by atoms with Gasteiger partial charge in [-0.15, -0.1) is 11.8 Å². The van der Waals surface area contributed by atoms with Gasteiger partial charge in [-0.05, 0) is 44.4 Å². The van der Waals surface area contributed by atoms with Crippen molar-refractivity contribution in [2.45, 2.75) is 45.6 Å². The Labute approximate surface area is 87.2 Å². The molecule has 0 amide bonds. The quantitative estimate of drug-likeness (QED) is 0.625. The summed E-state index contributed by atoms with van der Waals surface area (Å²) in [5, 5.41) is 0. The number of rotatable bonds is 3. The third-order valence-electron chi connectivity index (χ3n) is 3.46. The van der Waals surface area contributed by atoms with Crippen molar-refractivity contribution in [3.05, 3.63) is 0 Å². The maximum Gasteiger partial charge on any atom is 0.0519 e. The maximum atomic E-state index is 5.70. The number of fused-ring (bicyclic) bond motifs is 1. The molecule has 0 radical (unpaired) electrons. The first-order valence-electron chi connectivity index (χ1n) is 5.86. The molecule has 2 aliphatic carbocycles. The molecule has 0 spiro atoms. The summed E-state index contributed by atoms with van der Waals surface area (Å²) in [6.45, 7) is 5.22. The van der Waals surface area contributed by atoms with Gasteiger partial charge in [0.2, 0.25) is 0 Å². The molecule has 14 heavy (non-hydrogen) atoms.